The van der Waals surface area contributed by atoms with E-state index in [1.807, 2.05) is 0 Å². The van der Waals surface area contributed by atoms with Crippen LogP contribution in [0.3, 0.4) is 0 Å². The Balaban J connectivity index is 2.30. The van der Waals surface area contributed by atoms with E-state index in [1.165, 1.54) is 16.6 Å². The highest BCUT2D eigenvalue weighted by Gasteiger charge is 2.10. The van der Waals surface area contributed by atoms with Crippen LogP contribution in [0.2, 0.25) is 0 Å². The van der Waals surface area contributed by atoms with Crippen LogP contribution in [0.15, 0.2) is 12.1 Å². The molecule has 0 unspecified atom stereocenters. The molecule has 1 aromatic carbocycles. The zero-order chi connectivity index (χ0) is 13.3. The second-order valence-corrected chi connectivity index (χ2v) is 5.32. The molecule has 1 heterocycles. The molecule has 0 aliphatic carbocycles. The molecule has 98 valence electrons. The highest BCUT2D eigenvalue weighted by atomic mass is 15.1. The van der Waals surface area contributed by atoms with Crippen molar-refractivity contribution < 1.29 is 0 Å². The molecule has 0 atom stereocenters. The third kappa shape index (κ3) is 2.41. The number of benzene rings is 1. The molecule has 2 aromatic rings. The molecule has 0 aliphatic rings. The maximum atomic E-state index is 4.73. The number of nitrogens with one attached hydrogen (secondary N) is 1. The first-order chi connectivity index (χ1) is 8.50. The van der Waals surface area contributed by atoms with Crippen molar-refractivity contribution in [3.05, 3.63) is 29.1 Å². The Hall–Kier alpha value is -1.35. The Morgan fingerprint density at radius 1 is 1.28 bits per heavy atom. The predicted molar refractivity (Wildman–Crippen MR) is 77.0 cm³/mol. The van der Waals surface area contributed by atoms with Crippen LogP contribution in [-0.4, -0.2) is 22.1 Å². The summed E-state index contributed by atoms with van der Waals surface area (Å²) in [5.74, 6) is 1.16. The van der Waals surface area contributed by atoms with E-state index < -0.39 is 0 Å². The molecule has 3 nitrogen and oxygen atoms in total. The van der Waals surface area contributed by atoms with Crippen LogP contribution in [0.1, 0.15) is 30.8 Å². The van der Waals surface area contributed by atoms with Crippen molar-refractivity contribution in [1.29, 1.82) is 0 Å². The largest absolute Gasteiger partial charge is 0.331 e. The molecule has 0 saturated heterocycles. The minimum atomic E-state index is 0.531. The number of nitrogens with zero attached hydrogens (tertiary/aromatic N) is 2. The van der Waals surface area contributed by atoms with Gasteiger partial charge in [-0.2, -0.15) is 0 Å². The lowest BCUT2D eigenvalue weighted by molar-refractivity contribution is 0.578. The van der Waals surface area contributed by atoms with Gasteiger partial charge in [0.15, 0.2) is 0 Å². The molecule has 0 spiro atoms. The van der Waals surface area contributed by atoms with Gasteiger partial charge in [0.1, 0.15) is 5.82 Å². The van der Waals surface area contributed by atoms with Crippen LogP contribution >= 0.6 is 0 Å². The third-order valence-corrected chi connectivity index (χ3v) is 3.55. The van der Waals surface area contributed by atoms with Gasteiger partial charge < -0.3 is 9.88 Å². The monoisotopic (exact) mass is 245 g/mol. The van der Waals surface area contributed by atoms with Gasteiger partial charge in [-0.1, -0.05) is 19.9 Å². The summed E-state index contributed by atoms with van der Waals surface area (Å²) in [5.41, 5.74) is 5.05. The summed E-state index contributed by atoms with van der Waals surface area (Å²) in [6, 6.07) is 4.81. The Morgan fingerprint density at radius 2 is 2.00 bits per heavy atom. The van der Waals surface area contributed by atoms with E-state index in [9.17, 15) is 0 Å². The van der Waals surface area contributed by atoms with Gasteiger partial charge in [-0.3, -0.25) is 0 Å². The first-order valence-electron chi connectivity index (χ1n) is 6.65. The van der Waals surface area contributed by atoms with Crippen molar-refractivity contribution in [3.63, 3.8) is 0 Å². The lowest BCUT2D eigenvalue weighted by Gasteiger charge is -2.08. The first kappa shape index (κ1) is 13.1. The quantitative estimate of drug-likeness (QED) is 0.897. The Labute approximate surface area is 109 Å². The normalized spacial score (nSPS) is 11.7. The van der Waals surface area contributed by atoms with Crippen molar-refractivity contribution in [2.24, 2.45) is 7.05 Å². The molecule has 0 fully saturated rings. The predicted octanol–water partition coefficient (Wildman–Crippen LogP) is 2.73. The second-order valence-electron chi connectivity index (χ2n) is 5.32. The van der Waals surface area contributed by atoms with E-state index in [2.05, 4.69) is 56.8 Å². The summed E-state index contributed by atoms with van der Waals surface area (Å²) in [6.45, 7) is 9.65. The van der Waals surface area contributed by atoms with Crippen LogP contribution in [0.25, 0.3) is 11.0 Å². The van der Waals surface area contributed by atoms with Gasteiger partial charge >= 0.3 is 0 Å². The standard InChI is InChI=1S/C15H23N3/c1-10(2)16-9-8-14-17-13-7-6-11(3)12(4)15(13)18(14)5/h6-7,10,16H,8-9H2,1-5H3. The summed E-state index contributed by atoms with van der Waals surface area (Å²) in [7, 11) is 2.12. The molecule has 0 saturated carbocycles. The molecule has 0 amide bonds. The smallest absolute Gasteiger partial charge is 0.110 e. The SMILES string of the molecule is Cc1ccc2nc(CCNC(C)C)n(C)c2c1C. The summed E-state index contributed by atoms with van der Waals surface area (Å²) in [6.07, 6.45) is 0.974. The van der Waals surface area contributed by atoms with Crippen LogP contribution in [0.4, 0.5) is 0 Å². The zero-order valence-electron chi connectivity index (χ0n) is 12.0. The molecular weight excluding hydrogens is 222 g/mol. The van der Waals surface area contributed by atoms with Gasteiger partial charge in [0.25, 0.3) is 0 Å². The number of rotatable bonds is 4. The summed E-state index contributed by atoms with van der Waals surface area (Å²) in [5, 5.41) is 3.44. The fraction of sp³-hybridized carbons (Fsp3) is 0.533. The van der Waals surface area contributed by atoms with Crippen LogP contribution < -0.4 is 5.32 Å². The molecule has 1 aromatic heterocycles. The van der Waals surface area contributed by atoms with Gasteiger partial charge in [0.2, 0.25) is 0 Å². The summed E-state index contributed by atoms with van der Waals surface area (Å²) in [4.78, 5) is 4.73. The zero-order valence-corrected chi connectivity index (χ0v) is 12.0. The highest BCUT2D eigenvalue weighted by Crippen LogP contribution is 2.21. The Kier molecular flexibility index (Phi) is 3.71. The average Bonchev–Trinajstić information content (AvgIpc) is 2.62. The third-order valence-electron chi connectivity index (χ3n) is 3.55. The van der Waals surface area contributed by atoms with E-state index >= 15 is 0 Å². The van der Waals surface area contributed by atoms with Gasteiger partial charge in [0.05, 0.1) is 11.0 Å². The number of aromatic nitrogens is 2. The van der Waals surface area contributed by atoms with Crippen molar-refractivity contribution in [1.82, 2.24) is 14.9 Å². The number of imidazole rings is 1. The minimum Gasteiger partial charge on any atom is -0.331 e. The molecule has 0 bridgehead atoms. The fourth-order valence-corrected chi connectivity index (χ4v) is 2.34. The van der Waals surface area contributed by atoms with E-state index in [-0.39, 0.29) is 0 Å². The van der Waals surface area contributed by atoms with Crippen LogP contribution in [-0.2, 0) is 13.5 Å². The average molecular weight is 245 g/mol. The summed E-state index contributed by atoms with van der Waals surface area (Å²) < 4.78 is 2.24. The van der Waals surface area contributed by atoms with Crippen molar-refractivity contribution in [2.75, 3.05) is 6.54 Å². The van der Waals surface area contributed by atoms with Crippen molar-refractivity contribution in [3.8, 4) is 0 Å². The number of hydrogen-bond acceptors (Lipinski definition) is 2. The highest BCUT2D eigenvalue weighted by molar-refractivity contribution is 5.80. The Bertz CT molecular complexity index is 552. The van der Waals surface area contributed by atoms with Crippen LogP contribution in [0.5, 0.6) is 0 Å². The van der Waals surface area contributed by atoms with E-state index in [0.717, 1.165) is 24.3 Å². The second kappa shape index (κ2) is 5.11. The fourth-order valence-electron chi connectivity index (χ4n) is 2.34. The Morgan fingerprint density at radius 3 is 2.67 bits per heavy atom. The van der Waals surface area contributed by atoms with Gasteiger partial charge in [-0.05, 0) is 31.0 Å². The van der Waals surface area contributed by atoms with Gasteiger partial charge in [-0.25, -0.2) is 4.98 Å². The molecule has 0 aliphatic heterocycles. The van der Waals surface area contributed by atoms with Crippen molar-refractivity contribution >= 4 is 11.0 Å². The van der Waals surface area contributed by atoms with E-state index in [1.54, 1.807) is 0 Å². The maximum Gasteiger partial charge on any atom is 0.110 e. The van der Waals surface area contributed by atoms with E-state index in [0.29, 0.717) is 6.04 Å². The first-order valence-corrected chi connectivity index (χ1v) is 6.65. The molecular formula is C15H23N3. The topological polar surface area (TPSA) is 29.9 Å². The number of hydrogen-bond donors (Lipinski definition) is 1. The maximum absolute atomic E-state index is 4.73. The molecule has 2 rings (SSSR count). The van der Waals surface area contributed by atoms with Crippen molar-refractivity contribution in [2.45, 2.75) is 40.2 Å². The lowest BCUT2D eigenvalue weighted by atomic mass is 10.1. The molecule has 1 N–H and O–H groups in total. The van der Waals surface area contributed by atoms with Crippen LogP contribution in [0, 0.1) is 13.8 Å². The molecule has 3 heteroatoms. The minimum absolute atomic E-state index is 0.531. The summed E-state index contributed by atoms with van der Waals surface area (Å²) >= 11 is 0. The van der Waals surface area contributed by atoms with E-state index in [4.69, 9.17) is 4.98 Å². The number of aryl methyl sites for hydroxylation is 3. The lowest BCUT2D eigenvalue weighted by Crippen LogP contribution is -2.25. The molecule has 0 radical (unpaired) electrons. The molecule has 18 heavy (non-hydrogen) atoms. The number of fused-ring (bicyclic) bond motifs is 1. The van der Waals surface area contributed by atoms with Gasteiger partial charge in [0, 0.05) is 26.1 Å². The van der Waals surface area contributed by atoms with Gasteiger partial charge in [-0.15, -0.1) is 0 Å².